The molecule has 1 amide bonds. The monoisotopic (exact) mass is 311 g/mol. The molecule has 1 saturated heterocycles. The second-order valence-electron chi connectivity index (χ2n) is 5.18. The summed E-state index contributed by atoms with van der Waals surface area (Å²) in [5, 5.41) is 2.86. The van der Waals surface area contributed by atoms with E-state index in [-0.39, 0.29) is 24.1 Å². The smallest absolute Gasteiger partial charge is 0.224 e. The van der Waals surface area contributed by atoms with Crippen LogP contribution in [0.25, 0.3) is 0 Å². The summed E-state index contributed by atoms with van der Waals surface area (Å²) < 4.78 is 25.2. The Hall–Kier alpha value is -1.47. The van der Waals surface area contributed by atoms with Gasteiger partial charge in [0.2, 0.25) is 15.9 Å². The van der Waals surface area contributed by atoms with Gasteiger partial charge in [0.05, 0.1) is 11.7 Å². The summed E-state index contributed by atoms with van der Waals surface area (Å²) in [6.45, 7) is 2.85. The van der Waals surface area contributed by atoms with Crippen molar-refractivity contribution in [2.75, 3.05) is 18.8 Å². The molecule has 1 aromatic heterocycles. The van der Waals surface area contributed by atoms with Gasteiger partial charge in [-0.2, -0.15) is 0 Å². The van der Waals surface area contributed by atoms with Crippen LogP contribution < -0.4 is 5.32 Å². The lowest BCUT2D eigenvalue weighted by atomic mass is 9.99. The Kier molecular flexibility index (Phi) is 5.30. The van der Waals surface area contributed by atoms with Crippen LogP contribution in [0.5, 0.6) is 0 Å². The van der Waals surface area contributed by atoms with Crippen LogP contribution in [0, 0.1) is 5.92 Å². The van der Waals surface area contributed by atoms with Gasteiger partial charge in [-0.05, 0) is 31.4 Å². The molecule has 116 valence electrons. The fraction of sp³-hybridized carbons (Fsp3) is 0.571. The maximum atomic E-state index is 12.2. The molecule has 1 aliphatic heterocycles. The van der Waals surface area contributed by atoms with Crippen molar-refractivity contribution >= 4 is 15.9 Å². The predicted molar refractivity (Wildman–Crippen MR) is 79.8 cm³/mol. The van der Waals surface area contributed by atoms with Crippen LogP contribution >= 0.6 is 0 Å². The summed E-state index contributed by atoms with van der Waals surface area (Å²) in [5.41, 5.74) is 0.930. The third kappa shape index (κ3) is 4.25. The first-order valence-electron chi connectivity index (χ1n) is 7.17. The van der Waals surface area contributed by atoms with Gasteiger partial charge in [0.25, 0.3) is 0 Å². The number of hydrogen-bond acceptors (Lipinski definition) is 4. The molecule has 0 bridgehead atoms. The van der Waals surface area contributed by atoms with Gasteiger partial charge < -0.3 is 5.32 Å². The van der Waals surface area contributed by atoms with Crippen LogP contribution in [0.1, 0.15) is 25.3 Å². The van der Waals surface area contributed by atoms with Crippen molar-refractivity contribution in [3.8, 4) is 0 Å². The van der Waals surface area contributed by atoms with Gasteiger partial charge in [-0.3, -0.25) is 9.78 Å². The van der Waals surface area contributed by atoms with E-state index < -0.39 is 10.0 Å². The number of aromatic nitrogens is 1. The molecule has 2 heterocycles. The average Bonchev–Trinajstić information content (AvgIpc) is 2.53. The van der Waals surface area contributed by atoms with E-state index in [1.165, 1.54) is 4.31 Å². The predicted octanol–water partition coefficient (Wildman–Crippen LogP) is 0.759. The lowest BCUT2D eigenvalue weighted by molar-refractivity contribution is -0.126. The van der Waals surface area contributed by atoms with Gasteiger partial charge in [0, 0.05) is 32.0 Å². The number of nitrogens with one attached hydrogen (secondary N) is 1. The Morgan fingerprint density at radius 3 is 3.00 bits per heavy atom. The molecule has 0 saturated carbocycles. The summed E-state index contributed by atoms with van der Waals surface area (Å²) in [6, 6.07) is 3.71. The first-order chi connectivity index (χ1) is 10.0. The van der Waals surface area contributed by atoms with Crippen LogP contribution in [-0.2, 0) is 21.4 Å². The molecule has 6 nitrogen and oxygen atoms in total. The van der Waals surface area contributed by atoms with Crippen molar-refractivity contribution in [2.24, 2.45) is 5.92 Å². The molecule has 7 heteroatoms. The molecular formula is C14H21N3O3S. The van der Waals surface area contributed by atoms with Crippen molar-refractivity contribution < 1.29 is 13.2 Å². The molecule has 21 heavy (non-hydrogen) atoms. The fourth-order valence-corrected chi connectivity index (χ4v) is 3.61. The van der Waals surface area contributed by atoms with E-state index in [1.807, 2.05) is 12.1 Å². The third-order valence-corrected chi connectivity index (χ3v) is 5.55. The quantitative estimate of drug-likeness (QED) is 0.870. The lowest BCUT2D eigenvalue weighted by Crippen LogP contribution is -2.45. The van der Waals surface area contributed by atoms with E-state index in [0.29, 0.717) is 13.1 Å². The van der Waals surface area contributed by atoms with Crippen molar-refractivity contribution in [1.82, 2.24) is 14.6 Å². The maximum absolute atomic E-state index is 12.2. The zero-order valence-electron chi connectivity index (χ0n) is 12.2. The molecule has 0 aliphatic carbocycles. The van der Waals surface area contributed by atoms with Crippen LogP contribution in [0.2, 0.25) is 0 Å². The topological polar surface area (TPSA) is 79.4 Å². The van der Waals surface area contributed by atoms with E-state index in [2.05, 4.69) is 10.3 Å². The van der Waals surface area contributed by atoms with Crippen LogP contribution in [0.4, 0.5) is 0 Å². The normalized spacial score (nSPS) is 20.1. The number of carbonyl (C=O) groups excluding carboxylic acids is 1. The minimum Gasteiger partial charge on any atom is -0.352 e. The molecule has 0 spiro atoms. The van der Waals surface area contributed by atoms with Gasteiger partial charge in [0.1, 0.15) is 0 Å². The summed E-state index contributed by atoms with van der Waals surface area (Å²) in [6.07, 6.45) is 4.84. The molecule has 1 aliphatic rings. The zero-order chi connectivity index (χ0) is 15.3. The lowest BCUT2D eigenvalue weighted by Gasteiger charge is -2.30. The van der Waals surface area contributed by atoms with E-state index in [0.717, 1.165) is 18.4 Å². The Labute approximate surface area is 125 Å². The highest BCUT2D eigenvalue weighted by Crippen LogP contribution is 2.19. The van der Waals surface area contributed by atoms with E-state index in [1.54, 1.807) is 19.3 Å². The fourth-order valence-electron chi connectivity index (χ4n) is 2.43. The van der Waals surface area contributed by atoms with Crippen molar-refractivity contribution in [3.05, 3.63) is 30.1 Å². The number of sulfonamides is 1. The van der Waals surface area contributed by atoms with Gasteiger partial charge in [-0.1, -0.05) is 6.07 Å². The summed E-state index contributed by atoms with van der Waals surface area (Å²) in [7, 11) is -3.21. The van der Waals surface area contributed by atoms with E-state index in [9.17, 15) is 13.2 Å². The number of carbonyl (C=O) groups is 1. The largest absolute Gasteiger partial charge is 0.352 e. The molecular weight excluding hydrogens is 290 g/mol. The summed E-state index contributed by atoms with van der Waals surface area (Å²) in [5.74, 6) is -0.275. The highest BCUT2D eigenvalue weighted by Gasteiger charge is 2.31. The Morgan fingerprint density at radius 2 is 2.33 bits per heavy atom. The number of amides is 1. The van der Waals surface area contributed by atoms with Crippen molar-refractivity contribution in [1.29, 1.82) is 0 Å². The van der Waals surface area contributed by atoms with E-state index >= 15 is 0 Å². The maximum Gasteiger partial charge on any atom is 0.224 e. The molecule has 0 radical (unpaired) electrons. The van der Waals surface area contributed by atoms with Crippen molar-refractivity contribution in [3.63, 3.8) is 0 Å². The van der Waals surface area contributed by atoms with Gasteiger partial charge in [0.15, 0.2) is 0 Å². The Bertz CT molecular complexity index is 574. The minimum atomic E-state index is -3.21. The molecule has 1 atom stereocenters. The third-order valence-electron chi connectivity index (χ3n) is 3.70. The molecule has 0 unspecified atom stereocenters. The van der Waals surface area contributed by atoms with Crippen LogP contribution in [0.15, 0.2) is 24.5 Å². The van der Waals surface area contributed by atoms with Gasteiger partial charge in [-0.25, -0.2) is 12.7 Å². The first kappa shape index (κ1) is 15.9. The first-order valence-corrected chi connectivity index (χ1v) is 8.78. The highest BCUT2D eigenvalue weighted by molar-refractivity contribution is 7.89. The molecule has 1 fully saturated rings. The Balaban J connectivity index is 1.90. The summed E-state index contributed by atoms with van der Waals surface area (Å²) >= 11 is 0. The zero-order valence-corrected chi connectivity index (χ0v) is 13.0. The molecule has 1 N–H and O–H groups in total. The van der Waals surface area contributed by atoms with Gasteiger partial charge >= 0.3 is 0 Å². The summed E-state index contributed by atoms with van der Waals surface area (Å²) in [4.78, 5) is 16.2. The minimum absolute atomic E-state index is 0.0804. The van der Waals surface area contributed by atoms with E-state index in [4.69, 9.17) is 0 Å². The van der Waals surface area contributed by atoms with Crippen molar-refractivity contribution in [2.45, 2.75) is 26.3 Å². The molecule has 2 rings (SSSR count). The SMILES string of the molecule is CCS(=O)(=O)N1CCC[C@@H](C(=O)NCc2cccnc2)C1. The van der Waals surface area contributed by atoms with Gasteiger partial charge in [-0.15, -0.1) is 0 Å². The van der Waals surface area contributed by atoms with Crippen LogP contribution in [0.3, 0.4) is 0 Å². The number of piperidine rings is 1. The number of nitrogens with zero attached hydrogens (tertiary/aromatic N) is 2. The highest BCUT2D eigenvalue weighted by atomic mass is 32.2. The standard InChI is InChI=1S/C14H21N3O3S/c1-2-21(19,20)17-8-4-6-13(11-17)14(18)16-10-12-5-3-7-15-9-12/h3,5,7,9,13H,2,4,6,8,10-11H2,1H3,(H,16,18)/t13-/m1/s1. The Morgan fingerprint density at radius 1 is 1.52 bits per heavy atom. The second-order valence-corrected chi connectivity index (χ2v) is 7.43. The molecule has 1 aromatic rings. The van der Waals surface area contributed by atoms with Crippen LogP contribution in [-0.4, -0.2) is 42.5 Å². The number of pyridine rings is 1. The number of rotatable bonds is 5. The molecule has 0 aromatic carbocycles. The number of hydrogen-bond donors (Lipinski definition) is 1. The second kappa shape index (κ2) is 7.00. The average molecular weight is 311 g/mol.